The van der Waals surface area contributed by atoms with Crippen molar-refractivity contribution < 1.29 is 18.9 Å². The highest BCUT2D eigenvalue weighted by Gasteiger charge is 2.45. The Morgan fingerprint density at radius 3 is 1.93 bits per heavy atom. The van der Waals surface area contributed by atoms with E-state index in [-0.39, 0.29) is 18.3 Å². The molecule has 27 heavy (non-hydrogen) atoms. The maximum absolute atomic E-state index is 6.25. The van der Waals surface area contributed by atoms with Gasteiger partial charge in [0.2, 0.25) is 0 Å². The van der Waals surface area contributed by atoms with Gasteiger partial charge in [0.05, 0.1) is 13.2 Å². The van der Waals surface area contributed by atoms with Crippen molar-refractivity contribution in [3.8, 4) is 0 Å². The number of rotatable bonds is 9. The third-order valence-corrected chi connectivity index (χ3v) is 4.57. The molecule has 0 aromatic heterocycles. The highest BCUT2D eigenvalue weighted by molar-refractivity contribution is 5.15. The minimum atomic E-state index is -0.457. The number of ether oxygens (including phenoxy) is 4. The molecule has 3 rings (SSSR count). The molecule has 4 atom stereocenters. The SMILES string of the molecule is CC/C=C/[C@H]1OC(OC)[C@H](OCc2ccccc2)[C@H]1OCc1ccccc1. The molecule has 0 N–H and O–H groups in total. The first kappa shape index (κ1) is 19.8. The van der Waals surface area contributed by atoms with Gasteiger partial charge in [0.25, 0.3) is 0 Å². The van der Waals surface area contributed by atoms with Crippen molar-refractivity contribution in [1.29, 1.82) is 0 Å². The summed E-state index contributed by atoms with van der Waals surface area (Å²) >= 11 is 0. The maximum atomic E-state index is 6.25. The summed E-state index contributed by atoms with van der Waals surface area (Å²) in [5, 5.41) is 0. The highest BCUT2D eigenvalue weighted by atomic mass is 16.7. The van der Waals surface area contributed by atoms with Crippen LogP contribution < -0.4 is 0 Å². The fraction of sp³-hybridized carbons (Fsp3) is 0.391. The Morgan fingerprint density at radius 1 is 0.852 bits per heavy atom. The summed E-state index contributed by atoms with van der Waals surface area (Å²) in [7, 11) is 1.64. The van der Waals surface area contributed by atoms with Crippen LogP contribution in [0.2, 0.25) is 0 Å². The van der Waals surface area contributed by atoms with Crippen LogP contribution in [0.4, 0.5) is 0 Å². The lowest BCUT2D eigenvalue weighted by atomic mass is 10.1. The molecule has 0 saturated carbocycles. The third kappa shape index (κ3) is 5.50. The van der Waals surface area contributed by atoms with Gasteiger partial charge in [-0.05, 0) is 17.5 Å². The second kappa shape index (κ2) is 10.4. The van der Waals surface area contributed by atoms with Crippen molar-refractivity contribution in [2.75, 3.05) is 7.11 Å². The molecule has 0 aliphatic carbocycles. The summed E-state index contributed by atoms with van der Waals surface area (Å²) in [6.07, 6.45) is 3.90. The molecule has 4 nitrogen and oxygen atoms in total. The van der Waals surface area contributed by atoms with Crippen molar-refractivity contribution in [3.05, 3.63) is 83.9 Å². The van der Waals surface area contributed by atoms with Gasteiger partial charge in [-0.15, -0.1) is 0 Å². The average molecular weight is 368 g/mol. The maximum Gasteiger partial charge on any atom is 0.186 e. The van der Waals surface area contributed by atoms with E-state index in [9.17, 15) is 0 Å². The molecule has 4 heteroatoms. The lowest BCUT2D eigenvalue weighted by Gasteiger charge is -2.24. The Bertz CT molecular complexity index is 686. The van der Waals surface area contributed by atoms with Crippen LogP contribution in [0.25, 0.3) is 0 Å². The van der Waals surface area contributed by atoms with E-state index in [0.29, 0.717) is 13.2 Å². The standard InChI is InChI=1S/C23H28O4/c1-3-4-15-20-21(25-16-18-11-7-5-8-12-18)22(23(24-2)27-20)26-17-19-13-9-6-10-14-19/h4-15,20-23H,3,16-17H2,1-2H3/b15-4+/t20-,21+,22-,23?/m1/s1. The molecule has 0 radical (unpaired) electrons. The molecule has 1 unspecified atom stereocenters. The van der Waals surface area contributed by atoms with E-state index < -0.39 is 6.29 Å². The highest BCUT2D eigenvalue weighted by Crippen LogP contribution is 2.29. The topological polar surface area (TPSA) is 36.9 Å². The minimum absolute atomic E-state index is 0.195. The summed E-state index contributed by atoms with van der Waals surface area (Å²) in [6.45, 7) is 3.10. The molecule has 2 aromatic rings. The normalized spacial score (nSPS) is 25.3. The molecule has 0 bridgehead atoms. The van der Waals surface area contributed by atoms with Gasteiger partial charge < -0.3 is 18.9 Å². The van der Waals surface area contributed by atoms with Crippen LogP contribution in [0.1, 0.15) is 24.5 Å². The van der Waals surface area contributed by atoms with Crippen LogP contribution in [0, 0.1) is 0 Å². The first-order chi connectivity index (χ1) is 13.3. The lowest BCUT2D eigenvalue weighted by Crippen LogP contribution is -2.37. The first-order valence-corrected chi connectivity index (χ1v) is 9.47. The van der Waals surface area contributed by atoms with Gasteiger partial charge in [-0.25, -0.2) is 0 Å². The van der Waals surface area contributed by atoms with Crippen molar-refractivity contribution in [3.63, 3.8) is 0 Å². The second-order valence-corrected chi connectivity index (χ2v) is 6.56. The van der Waals surface area contributed by atoms with Gasteiger partial charge in [0, 0.05) is 7.11 Å². The minimum Gasteiger partial charge on any atom is -0.368 e. The van der Waals surface area contributed by atoms with E-state index >= 15 is 0 Å². The Morgan fingerprint density at radius 2 is 1.41 bits per heavy atom. The van der Waals surface area contributed by atoms with Crippen LogP contribution in [0.3, 0.4) is 0 Å². The quantitative estimate of drug-likeness (QED) is 0.611. The number of methoxy groups -OCH3 is 1. The van der Waals surface area contributed by atoms with E-state index in [1.165, 1.54) is 0 Å². The number of allylic oxidation sites excluding steroid dienone is 1. The van der Waals surface area contributed by atoms with E-state index in [1.54, 1.807) is 7.11 Å². The molecule has 2 aromatic carbocycles. The molecule has 144 valence electrons. The monoisotopic (exact) mass is 368 g/mol. The van der Waals surface area contributed by atoms with Gasteiger partial charge in [-0.2, -0.15) is 0 Å². The van der Waals surface area contributed by atoms with Gasteiger partial charge >= 0.3 is 0 Å². The summed E-state index contributed by atoms with van der Waals surface area (Å²) in [4.78, 5) is 0. The number of hydrogen-bond donors (Lipinski definition) is 0. The van der Waals surface area contributed by atoms with Crippen LogP contribution in [-0.4, -0.2) is 31.7 Å². The first-order valence-electron chi connectivity index (χ1n) is 9.47. The van der Waals surface area contributed by atoms with E-state index in [2.05, 4.69) is 25.1 Å². The van der Waals surface area contributed by atoms with Crippen molar-refractivity contribution in [1.82, 2.24) is 0 Å². The predicted octanol–water partition coefficient (Wildman–Crippen LogP) is 4.49. The fourth-order valence-corrected chi connectivity index (χ4v) is 3.16. The zero-order valence-electron chi connectivity index (χ0n) is 16.0. The molecule has 1 aliphatic heterocycles. The zero-order valence-corrected chi connectivity index (χ0v) is 16.0. The Kier molecular flexibility index (Phi) is 7.60. The third-order valence-electron chi connectivity index (χ3n) is 4.57. The number of hydrogen-bond acceptors (Lipinski definition) is 4. The van der Waals surface area contributed by atoms with Crippen LogP contribution >= 0.6 is 0 Å². The predicted molar refractivity (Wildman–Crippen MR) is 105 cm³/mol. The van der Waals surface area contributed by atoms with Crippen molar-refractivity contribution >= 4 is 0 Å². The van der Waals surface area contributed by atoms with Gasteiger partial charge in [-0.3, -0.25) is 0 Å². The summed E-state index contributed by atoms with van der Waals surface area (Å²) in [6, 6.07) is 20.2. The Labute approximate surface area is 161 Å². The molecule has 0 spiro atoms. The van der Waals surface area contributed by atoms with Crippen molar-refractivity contribution in [2.45, 2.75) is 51.2 Å². The number of benzene rings is 2. The van der Waals surface area contributed by atoms with E-state index in [0.717, 1.165) is 17.5 Å². The molecule has 1 saturated heterocycles. The van der Waals surface area contributed by atoms with Crippen molar-refractivity contribution in [2.24, 2.45) is 0 Å². The second-order valence-electron chi connectivity index (χ2n) is 6.56. The summed E-state index contributed by atoms with van der Waals surface area (Å²) < 4.78 is 24.0. The summed E-state index contributed by atoms with van der Waals surface area (Å²) in [5.74, 6) is 0. The smallest absolute Gasteiger partial charge is 0.186 e. The zero-order chi connectivity index (χ0) is 18.9. The Balaban J connectivity index is 1.71. The van der Waals surface area contributed by atoms with Crippen LogP contribution in [-0.2, 0) is 32.2 Å². The fourth-order valence-electron chi connectivity index (χ4n) is 3.16. The molecular weight excluding hydrogens is 340 g/mol. The molecule has 1 heterocycles. The van der Waals surface area contributed by atoms with Gasteiger partial charge in [-0.1, -0.05) is 79.7 Å². The molecule has 1 aliphatic rings. The van der Waals surface area contributed by atoms with Gasteiger partial charge in [0.1, 0.15) is 18.3 Å². The molecule has 0 amide bonds. The summed E-state index contributed by atoms with van der Waals surface area (Å²) in [5.41, 5.74) is 2.24. The van der Waals surface area contributed by atoms with Gasteiger partial charge in [0.15, 0.2) is 6.29 Å². The Hall–Kier alpha value is -1.98. The molecular formula is C23H28O4. The van der Waals surface area contributed by atoms with Crippen LogP contribution in [0.5, 0.6) is 0 Å². The lowest BCUT2D eigenvalue weighted by molar-refractivity contribution is -0.164. The van der Waals surface area contributed by atoms with Crippen LogP contribution in [0.15, 0.2) is 72.8 Å². The largest absolute Gasteiger partial charge is 0.368 e. The van der Waals surface area contributed by atoms with E-state index in [1.807, 2.05) is 54.6 Å². The molecule has 1 fully saturated rings. The van der Waals surface area contributed by atoms with E-state index in [4.69, 9.17) is 18.9 Å². The average Bonchev–Trinajstić information content (AvgIpc) is 3.07.